The molecule has 0 atom stereocenters. The van der Waals surface area contributed by atoms with Crippen LogP contribution in [0.25, 0.3) is 6.08 Å². The monoisotopic (exact) mass is 314 g/mol. The highest BCUT2D eigenvalue weighted by molar-refractivity contribution is 6.02. The van der Waals surface area contributed by atoms with Crippen molar-refractivity contribution >= 4 is 11.9 Å². The first-order valence-electron chi connectivity index (χ1n) is 7.82. The number of hydrogen-bond donors (Lipinski definition) is 1. The van der Waals surface area contributed by atoms with Gasteiger partial charge in [-0.05, 0) is 22.8 Å². The van der Waals surface area contributed by atoms with E-state index in [0.29, 0.717) is 11.1 Å². The van der Waals surface area contributed by atoms with Gasteiger partial charge in [-0.15, -0.1) is 0 Å². The Morgan fingerprint density at radius 2 is 1.12 bits per heavy atom. The maximum atomic E-state index is 12.9. The molecule has 0 fully saturated rings. The van der Waals surface area contributed by atoms with Crippen molar-refractivity contribution in [2.75, 3.05) is 0 Å². The maximum Gasteiger partial charge on any atom is 0.196 e. The zero-order valence-corrected chi connectivity index (χ0v) is 13.2. The summed E-state index contributed by atoms with van der Waals surface area (Å²) in [4.78, 5) is 12.9. The second-order valence-electron chi connectivity index (χ2n) is 5.55. The van der Waals surface area contributed by atoms with Crippen LogP contribution in [0.1, 0.15) is 16.7 Å². The molecule has 118 valence electrons. The summed E-state index contributed by atoms with van der Waals surface area (Å²) in [6, 6.07) is 27.6. The number of carbonyl (C=O) groups is 1. The van der Waals surface area contributed by atoms with E-state index in [-0.39, 0.29) is 5.78 Å². The lowest BCUT2D eigenvalue weighted by Gasteiger charge is -2.26. The van der Waals surface area contributed by atoms with Crippen molar-refractivity contribution < 1.29 is 9.90 Å². The van der Waals surface area contributed by atoms with Crippen LogP contribution in [0.15, 0.2) is 97.1 Å². The molecule has 0 radical (unpaired) electrons. The summed E-state index contributed by atoms with van der Waals surface area (Å²) in [5.41, 5.74) is 0.320. The van der Waals surface area contributed by atoms with Crippen LogP contribution in [0.5, 0.6) is 0 Å². The van der Waals surface area contributed by atoms with Crippen LogP contribution in [0.3, 0.4) is 0 Å². The molecule has 0 aliphatic heterocycles. The van der Waals surface area contributed by atoms with Gasteiger partial charge in [-0.3, -0.25) is 4.79 Å². The highest BCUT2D eigenvalue weighted by Crippen LogP contribution is 2.31. The second kappa shape index (κ2) is 7.07. The Morgan fingerprint density at radius 3 is 1.58 bits per heavy atom. The third kappa shape index (κ3) is 3.19. The number of ketones is 1. The summed E-state index contributed by atoms with van der Waals surface area (Å²) >= 11 is 0. The lowest BCUT2D eigenvalue weighted by molar-refractivity contribution is -0.129. The molecule has 0 bridgehead atoms. The van der Waals surface area contributed by atoms with Crippen LogP contribution in [0.4, 0.5) is 0 Å². The smallest absolute Gasteiger partial charge is 0.196 e. The fourth-order valence-corrected chi connectivity index (χ4v) is 2.67. The van der Waals surface area contributed by atoms with Crippen molar-refractivity contribution in [2.45, 2.75) is 5.60 Å². The highest BCUT2D eigenvalue weighted by Gasteiger charge is 2.37. The van der Waals surface area contributed by atoms with Gasteiger partial charge in [0.15, 0.2) is 11.4 Å². The van der Waals surface area contributed by atoms with Crippen molar-refractivity contribution in [3.05, 3.63) is 114 Å². The predicted octanol–water partition coefficient (Wildman–Crippen LogP) is 4.21. The minimum absolute atomic E-state index is 0.372. The molecule has 3 rings (SSSR count). The standard InChI is InChI=1S/C22H18O2/c23-21(17-16-18-10-4-1-5-11-18)22(24,19-12-6-2-7-13-19)20-14-8-3-9-15-20/h1-17,24H/b17-16-. The Morgan fingerprint density at radius 1 is 0.708 bits per heavy atom. The molecule has 0 aliphatic carbocycles. The van der Waals surface area contributed by atoms with Gasteiger partial charge in [-0.25, -0.2) is 0 Å². The summed E-state index contributed by atoms with van der Waals surface area (Å²) in [6.45, 7) is 0. The van der Waals surface area contributed by atoms with E-state index in [1.165, 1.54) is 6.08 Å². The van der Waals surface area contributed by atoms with E-state index < -0.39 is 5.60 Å². The van der Waals surface area contributed by atoms with Crippen LogP contribution < -0.4 is 0 Å². The third-order valence-electron chi connectivity index (χ3n) is 3.97. The topological polar surface area (TPSA) is 37.3 Å². The van der Waals surface area contributed by atoms with Crippen LogP contribution in [-0.4, -0.2) is 10.9 Å². The van der Waals surface area contributed by atoms with Crippen LogP contribution in [-0.2, 0) is 10.4 Å². The predicted molar refractivity (Wildman–Crippen MR) is 96.4 cm³/mol. The quantitative estimate of drug-likeness (QED) is 0.716. The van der Waals surface area contributed by atoms with E-state index in [2.05, 4.69) is 0 Å². The lowest BCUT2D eigenvalue weighted by atomic mass is 9.82. The van der Waals surface area contributed by atoms with E-state index in [0.717, 1.165) is 5.56 Å². The summed E-state index contributed by atoms with van der Waals surface area (Å²) in [5, 5.41) is 11.3. The molecule has 3 aromatic carbocycles. The van der Waals surface area contributed by atoms with Gasteiger partial charge in [0.2, 0.25) is 0 Å². The normalized spacial score (nSPS) is 11.5. The molecule has 24 heavy (non-hydrogen) atoms. The number of rotatable bonds is 5. The summed E-state index contributed by atoms with van der Waals surface area (Å²) < 4.78 is 0. The fourth-order valence-electron chi connectivity index (χ4n) is 2.67. The molecule has 1 N–H and O–H groups in total. The van der Waals surface area contributed by atoms with Gasteiger partial charge < -0.3 is 5.11 Å². The summed E-state index contributed by atoms with van der Waals surface area (Å²) in [7, 11) is 0. The number of carbonyl (C=O) groups excluding carboxylic acids is 1. The summed E-state index contributed by atoms with van der Waals surface area (Å²) in [5.74, 6) is -0.372. The Balaban J connectivity index is 2.02. The van der Waals surface area contributed by atoms with E-state index in [1.54, 1.807) is 30.3 Å². The van der Waals surface area contributed by atoms with Crippen molar-refractivity contribution in [3.8, 4) is 0 Å². The SMILES string of the molecule is O=C(/C=C\c1ccccc1)C(O)(c1ccccc1)c1ccccc1. The van der Waals surface area contributed by atoms with Crippen LogP contribution in [0, 0.1) is 0 Å². The highest BCUT2D eigenvalue weighted by atomic mass is 16.3. The van der Waals surface area contributed by atoms with Gasteiger partial charge in [0.25, 0.3) is 0 Å². The average molecular weight is 314 g/mol. The molecule has 2 nitrogen and oxygen atoms in total. The first-order valence-corrected chi connectivity index (χ1v) is 7.82. The molecular formula is C22H18O2. The van der Waals surface area contributed by atoms with E-state index in [9.17, 15) is 9.90 Å². The third-order valence-corrected chi connectivity index (χ3v) is 3.97. The molecule has 2 heteroatoms. The molecule has 0 saturated carbocycles. The first kappa shape index (κ1) is 15.9. The van der Waals surface area contributed by atoms with Crippen molar-refractivity contribution in [1.82, 2.24) is 0 Å². The molecule has 0 amide bonds. The van der Waals surface area contributed by atoms with Crippen molar-refractivity contribution in [3.63, 3.8) is 0 Å². The lowest BCUT2D eigenvalue weighted by Crippen LogP contribution is -2.35. The Labute approximate surface area is 141 Å². The van der Waals surface area contributed by atoms with Gasteiger partial charge in [0.05, 0.1) is 0 Å². The van der Waals surface area contributed by atoms with Gasteiger partial charge in [-0.2, -0.15) is 0 Å². The fraction of sp³-hybridized carbons (Fsp3) is 0.0455. The molecule has 0 saturated heterocycles. The number of aliphatic hydroxyl groups is 1. The Hall–Kier alpha value is -2.97. The molecule has 0 aliphatic rings. The molecule has 0 aromatic heterocycles. The zero-order valence-electron chi connectivity index (χ0n) is 13.2. The van der Waals surface area contributed by atoms with Gasteiger partial charge >= 0.3 is 0 Å². The summed E-state index contributed by atoms with van der Waals surface area (Å²) in [6.07, 6.45) is 3.16. The molecule has 3 aromatic rings. The number of hydrogen-bond acceptors (Lipinski definition) is 2. The van der Waals surface area contributed by atoms with Crippen LogP contribution in [0.2, 0.25) is 0 Å². The minimum Gasteiger partial charge on any atom is -0.373 e. The molecule has 0 heterocycles. The van der Waals surface area contributed by atoms with Crippen molar-refractivity contribution in [2.24, 2.45) is 0 Å². The first-order chi connectivity index (χ1) is 11.7. The zero-order chi connectivity index (χ0) is 16.8. The van der Waals surface area contributed by atoms with Crippen LogP contribution >= 0.6 is 0 Å². The average Bonchev–Trinajstić information content (AvgIpc) is 2.67. The Kier molecular flexibility index (Phi) is 4.69. The van der Waals surface area contributed by atoms with Gasteiger partial charge in [0.1, 0.15) is 0 Å². The maximum absolute atomic E-state index is 12.9. The largest absolute Gasteiger partial charge is 0.373 e. The second-order valence-corrected chi connectivity index (χ2v) is 5.55. The Bertz CT molecular complexity index is 782. The molecular weight excluding hydrogens is 296 g/mol. The molecule has 0 spiro atoms. The minimum atomic E-state index is -1.70. The van der Waals surface area contributed by atoms with E-state index in [4.69, 9.17) is 0 Å². The number of benzene rings is 3. The van der Waals surface area contributed by atoms with Gasteiger partial charge in [0, 0.05) is 0 Å². The van der Waals surface area contributed by atoms with E-state index in [1.807, 2.05) is 66.7 Å². The van der Waals surface area contributed by atoms with Crippen molar-refractivity contribution in [1.29, 1.82) is 0 Å². The molecule has 0 unspecified atom stereocenters. The van der Waals surface area contributed by atoms with Gasteiger partial charge in [-0.1, -0.05) is 97.1 Å². The van der Waals surface area contributed by atoms with E-state index >= 15 is 0 Å².